The number of rotatable bonds is 8. The summed E-state index contributed by atoms with van der Waals surface area (Å²) in [6.07, 6.45) is 17.4. The van der Waals surface area contributed by atoms with E-state index in [4.69, 9.17) is 48.9 Å². The maximum Gasteiger partial charge on any atom is 0.219 e. The van der Waals surface area contributed by atoms with Gasteiger partial charge in [-0.25, -0.2) is 0 Å². The normalized spacial score (nSPS) is 7.47. The first-order valence-electron chi connectivity index (χ1n) is 28.2. The van der Waals surface area contributed by atoms with Gasteiger partial charge in [-0.15, -0.1) is 19.7 Å². The summed E-state index contributed by atoms with van der Waals surface area (Å²) in [7, 11) is 6.00. The molecule has 0 atom stereocenters. The molecule has 2 aromatic rings. The highest BCUT2D eigenvalue weighted by molar-refractivity contribution is 5.73. The summed E-state index contributed by atoms with van der Waals surface area (Å²) in [6.45, 7) is 70.7. The van der Waals surface area contributed by atoms with Gasteiger partial charge in [-0.1, -0.05) is 208 Å². The van der Waals surface area contributed by atoms with Crippen LogP contribution in [-0.2, 0) is 60.8 Å². The third kappa shape index (κ3) is 387. The van der Waals surface area contributed by atoms with Crippen molar-refractivity contribution < 1.29 is 47.9 Å². The third-order valence-electron chi connectivity index (χ3n) is 7.57. The molecule has 88 heavy (non-hydrogen) atoms. The first-order chi connectivity index (χ1) is 40.5. The molecule has 0 saturated carbocycles. The minimum atomic E-state index is 0. The summed E-state index contributed by atoms with van der Waals surface area (Å²) < 4.78 is 0. The van der Waals surface area contributed by atoms with E-state index in [1.807, 2.05) is 106 Å². The van der Waals surface area contributed by atoms with Crippen molar-refractivity contribution in [1.29, 1.82) is 0 Å². The van der Waals surface area contributed by atoms with Gasteiger partial charge in [0.05, 0.1) is 0 Å². The summed E-state index contributed by atoms with van der Waals surface area (Å²) >= 11 is 0. The topological polar surface area (TPSA) is 444 Å². The van der Waals surface area contributed by atoms with Crippen LogP contribution in [-0.4, -0.2) is 120 Å². The number of likely N-dealkylation sites (tertiary alicyclic amines) is 1. The maximum absolute atomic E-state index is 10.7. The molecule has 0 aliphatic carbocycles. The number of aryl methyl sites for hydroxylation is 2. The van der Waals surface area contributed by atoms with Crippen LogP contribution in [0.25, 0.3) is 0 Å². The predicted molar refractivity (Wildman–Crippen MR) is 400 cm³/mol. The molecule has 0 radical (unpaired) electrons. The second kappa shape index (κ2) is 268. The molecule has 0 unspecified atom stereocenters. The van der Waals surface area contributed by atoms with Crippen molar-refractivity contribution in [1.82, 2.24) is 29.5 Å². The largest absolute Gasteiger partial charge is 0.344 e. The zero-order valence-electron chi connectivity index (χ0n) is 62.3. The van der Waals surface area contributed by atoms with E-state index >= 15 is 0 Å². The lowest BCUT2D eigenvalue weighted by Gasteiger charge is -2.24. The minimum absolute atomic E-state index is 0. The molecule has 22 N–H and O–H groups in total. The fourth-order valence-electron chi connectivity index (χ4n) is 3.08. The molecule has 3 rings (SSSR count). The molecular weight excluding hydrogens is 1120 g/mol. The van der Waals surface area contributed by atoms with Crippen LogP contribution in [0.5, 0.6) is 0 Å². The number of carbonyl (C=O) groups excluding carboxylic acids is 10. The van der Waals surface area contributed by atoms with Crippen LogP contribution in [0, 0.1) is 17.8 Å². The third-order valence-corrected chi connectivity index (χ3v) is 7.57. The molecule has 0 aromatic heterocycles. The van der Waals surface area contributed by atoms with Crippen molar-refractivity contribution in [2.24, 2.45) is 46.4 Å². The van der Waals surface area contributed by atoms with Crippen LogP contribution in [0.3, 0.4) is 0 Å². The Morgan fingerprint density at radius 3 is 0.761 bits per heavy atom. The van der Waals surface area contributed by atoms with Crippen molar-refractivity contribution >= 4 is 67.0 Å². The molecule has 20 heteroatoms. The Morgan fingerprint density at radius 1 is 0.489 bits per heavy atom. The molecule has 1 aliphatic rings. The van der Waals surface area contributed by atoms with Gasteiger partial charge in [-0.2, -0.15) is 0 Å². The minimum Gasteiger partial charge on any atom is -0.344 e. The quantitative estimate of drug-likeness (QED) is 0.111. The van der Waals surface area contributed by atoms with Gasteiger partial charge in [-0.05, 0) is 129 Å². The van der Waals surface area contributed by atoms with Gasteiger partial charge in [-0.3, -0.25) is 4.79 Å². The lowest BCUT2D eigenvalue weighted by Crippen LogP contribution is -2.33. The second-order valence-electron chi connectivity index (χ2n) is 15.0. The predicted octanol–water partition coefficient (Wildman–Crippen LogP) is 15.1. The van der Waals surface area contributed by atoms with E-state index in [1.54, 1.807) is 6.92 Å². The van der Waals surface area contributed by atoms with E-state index in [0.29, 0.717) is 0 Å². The van der Waals surface area contributed by atoms with E-state index in [9.17, 15) is 4.79 Å². The molecule has 0 bridgehead atoms. The molecule has 1 amide bonds. The number of carbonyl (C=O) groups is 10. The zero-order valence-corrected chi connectivity index (χ0v) is 62.3. The molecule has 1 saturated heterocycles. The molecule has 1 aliphatic heterocycles. The Morgan fingerprint density at radius 2 is 0.693 bits per heavy atom. The Kier molecular flexibility index (Phi) is 505. The van der Waals surface area contributed by atoms with Crippen molar-refractivity contribution in [2.75, 3.05) is 47.8 Å². The van der Waals surface area contributed by atoms with Gasteiger partial charge in [0.2, 0.25) is 5.91 Å². The van der Waals surface area contributed by atoms with Gasteiger partial charge in [0.25, 0.3) is 0 Å². The van der Waals surface area contributed by atoms with Crippen molar-refractivity contribution in [3.8, 4) is 0 Å². The van der Waals surface area contributed by atoms with Crippen molar-refractivity contribution in [3.05, 3.63) is 109 Å². The standard InChI is InChI=1S/2C8H10.C7H13NO.2C5H12.2C5H10.C4H11N.C4H10.C2H6.C2H4.4CH5N.9CH2O.4H3N/c2*1-2-8-6-4-3-5-7-8;1-7(9)8-5-3-2-4-6-8;3*1-4-5(2)3;1-3-5-4-2;1-2-3-4-5;1-4(2)3;15*1-2;;;;/h2*3-7H,2H2,1H3;2-6H2,1H3;2*5H,4H2,1-3H3;2,4H2,1,3H3;3,5H,4H2,1-2H3;2-5H2,1H3;4H,1-3H3;1-2H3;1-2H2;4*2H2,1H3;9*1H2;4*1H3/b;;;;;;5-3-;;;;;;;;;;;;;;;;;;;;;. The molecule has 1 heterocycles. The Hall–Kier alpha value is -6.20. The first kappa shape index (κ1) is 166. The fourth-order valence-corrected chi connectivity index (χ4v) is 3.08. The van der Waals surface area contributed by atoms with E-state index in [-0.39, 0.29) is 30.5 Å². The van der Waals surface area contributed by atoms with E-state index < -0.39 is 0 Å². The van der Waals surface area contributed by atoms with Crippen LogP contribution >= 0.6 is 0 Å². The maximum atomic E-state index is 10.7. The van der Waals surface area contributed by atoms with Crippen LogP contribution in [0.1, 0.15) is 200 Å². The summed E-state index contributed by atoms with van der Waals surface area (Å²) in [5.41, 5.74) is 27.2. The number of amides is 1. The van der Waals surface area contributed by atoms with Crippen LogP contribution in [0.2, 0.25) is 0 Å². The number of benzene rings is 2. The van der Waals surface area contributed by atoms with Crippen molar-refractivity contribution in [3.63, 3.8) is 0 Å². The highest BCUT2D eigenvalue weighted by Crippen LogP contribution is 2.07. The summed E-state index contributed by atoms with van der Waals surface area (Å²) in [5, 5.41) is 0. The number of piperidine rings is 1. The fraction of sp³-hybridized carbons (Fsp3) is 0.588. The van der Waals surface area contributed by atoms with Gasteiger partial charge in [0.15, 0.2) is 0 Å². The summed E-state index contributed by atoms with van der Waals surface area (Å²) in [4.78, 5) is 84.6. The highest BCUT2D eigenvalue weighted by Gasteiger charge is 2.11. The Balaban J connectivity index is -0.0000000210. The van der Waals surface area contributed by atoms with E-state index in [1.165, 1.54) is 89.8 Å². The van der Waals surface area contributed by atoms with Crippen LogP contribution in [0.15, 0.2) is 98.1 Å². The Bertz CT molecular complexity index is 1100. The van der Waals surface area contributed by atoms with Gasteiger partial charge >= 0.3 is 0 Å². The van der Waals surface area contributed by atoms with E-state index in [0.717, 1.165) is 63.1 Å². The molecule has 2 aromatic carbocycles. The molecular formula is C68H158N10O10. The number of unbranched alkanes of at least 4 members (excludes halogenated alkanes) is 1. The summed E-state index contributed by atoms with van der Waals surface area (Å²) in [5.74, 6) is 2.83. The van der Waals surface area contributed by atoms with E-state index in [2.05, 4.69) is 200 Å². The van der Waals surface area contributed by atoms with Gasteiger partial charge in [0, 0.05) is 20.0 Å². The average molecular weight is 1280 g/mol. The number of hydrogen-bond donors (Lipinski definition) is 9. The molecule has 0 spiro atoms. The van der Waals surface area contributed by atoms with Crippen LogP contribution < -0.4 is 53.3 Å². The second-order valence-corrected chi connectivity index (χ2v) is 15.0. The van der Waals surface area contributed by atoms with Crippen LogP contribution in [0.4, 0.5) is 0 Å². The SMILES string of the molecule is C/C=C\CC.C=C.C=C(C)CC.C=O.C=O.C=O.C=O.C=O.C=O.C=O.C=O.C=O.CC.CC(=O)N1CCCCC1.CC(C)C.CCC(C)C.CCC(C)C.CCCCN.CCc1ccccc1.CCc1ccccc1.CN.CN.CN.CN.N.N.N.N. The lowest BCUT2D eigenvalue weighted by molar-refractivity contribution is -0.129. The molecule has 540 valence electrons. The smallest absolute Gasteiger partial charge is 0.219 e. The highest BCUT2D eigenvalue weighted by atomic mass is 16.2. The lowest BCUT2D eigenvalue weighted by atomic mass is 10.1. The van der Waals surface area contributed by atoms with Gasteiger partial charge in [0.1, 0.15) is 61.1 Å². The Labute approximate surface area is 548 Å². The van der Waals surface area contributed by atoms with Crippen molar-refractivity contribution in [2.45, 2.75) is 202 Å². The molecule has 20 nitrogen and oxygen atoms in total. The molecule has 1 fully saturated rings. The number of nitrogens with two attached hydrogens (primary N) is 5. The number of allylic oxidation sites excluding steroid dienone is 3. The zero-order chi connectivity index (χ0) is 73.0. The number of nitrogens with zero attached hydrogens (tertiary/aromatic N) is 1. The summed E-state index contributed by atoms with van der Waals surface area (Å²) in [6, 6.07) is 20.9. The first-order valence-corrected chi connectivity index (χ1v) is 28.2. The van der Waals surface area contributed by atoms with Gasteiger partial charge < -0.3 is 101 Å². The monoisotopic (exact) mass is 1280 g/mol. The number of hydrogen-bond acceptors (Lipinski definition) is 19. The average Bonchev–Trinajstić information content (AvgIpc) is 3.59.